The Labute approximate surface area is 129 Å². The van der Waals surface area contributed by atoms with Gasteiger partial charge < -0.3 is 9.42 Å². The molecule has 8 heteroatoms. The van der Waals surface area contributed by atoms with Crippen LogP contribution in [0.5, 0.6) is 0 Å². The van der Waals surface area contributed by atoms with Crippen LogP contribution in [-0.4, -0.2) is 49.9 Å². The van der Waals surface area contributed by atoms with Crippen molar-refractivity contribution in [2.45, 2.75) is 18.0 Å². The summed E-state index contributed by atoms with van der Waals surface area (Å²) >= 11 is 0. The van der Waals surface area contributed by atoms with Crippen molar-refractivity contribution in [2.75, 3.05) is 31.3 Å². The molecule has 3 rings (SSSR count). The van der Waals surface area contributed by atoms with Gasteiger partial charge in [0.2, 0.25) is 5.89 Å². The summed E-state index contributed by atoms with van der Waals surface area (Å²) in [6.07, 6.45) is 0. The summed E-state index contributed by atoms with van der Waals surface area (Å²) in [5.41, 5.74) is 0.812. The second-order valence-corrected chi connectivity index (χ2v) is 7.60. The second-order valence-electron chi connectivity index (χ2n) is 5.52. The number of hydrogen-bond donors (Lipinski definition) is 0. The van der Waals surface area contributed by atoms with E-state index in [2.05, 4.69) is 10.1 Å². The molecular formula is C14H18N4O3S. The standard InChI is InChI=1S/C14H18N4O3S/c1-17(2)14-15-13(21-16-14)10-18-7-8-22(19,20)12-6-4-3-5-11(12)9-18/h3-6H,7-10H2,1-2H3. The van der Waals surface area contributed by atoms with Gasteiger partial charge in [0.1, 0.15) is 0 Å². The lowest BCUT2D eigenvalue weighted by atomic mass is 10.2. The first-order valence-electron chi connectivity index (χ1n) is 6.98. The van der Waals surface area contributed by atoms with Crippen LogP contribution in [0.25, 0.3) is 0 Å². The molecule has 0 saturated heterocycles. The fourth-order valence-electron chi connectivity index (χ4n) is 2.44. The van der Waals surface area contributed by atoms with Gasteiger partial charge in [0.05, 0.1) is 17.2 Å². The van der Waals surface area contributed by atoms with Crippen LogP contribution in [0, 0.1) is 0 Å². The predicted octanol–water partition coefficient (Wildman–Crippen LogP) is 0.925. The van der Waals surface area contributed by atoms with E-state index in [1.165, 1.54) is 0 Å². The van der Waals surface area contributed by atoms with Gasteiger partial charge in [0, 0.05) is 27.2 Å². The summed E-state index contributed by atoms with van der Waals surface area (Å²) in [4.78, 5) is 8.48. The normalized spacial score (nSPS) is 17.7. The van der Waals surface area contributed by atoms with Gasteiger partial charge in [-0.05, 0) is 16.8 Å². The number of rotatable bonds is 3. The molecule has 118 valence electrons. The van der Waals surface area contributed by atoms with Gasteiger partial charge in [-0.2, -0.15) is 4.98 Å². The van der Waals surface area contributed by atoms with E-state index in [1.54, 1.807) is 17.0 Å². The minimum Gasteiger partial charge on any atom is -0.344 e. The van der Waals surface area contributed by atoms with Crippen molar-refractivity contribution in [1.29, 1.82) is 0 Å². The summed E-state index contributed by atoms with van der Waals surface area (Å²) in [6, 6.07) is 7.14. The Morgan fingerprint density at radius 1 is 1.32 bits per heavy atom. The molecule has 2 aromatic rings. The average Bonchev–Trinajstić information content (AvgIpc) is 2.89. The van der Waals surface area contributed by atoms with Crippen molar-refractivity contribution in [3.63, 3.8) is 0 Å². The van der Waals surface area contributed by atoms with Crippen LogP contribution in [0.3, 0.4) is 0 Å². The molecule has 22 heavy (non-hydrogen) atoms. The number of anilines is 1. The summed E-state index contributed by atoms with van der Waals surface area (Å²) in [5.74, 6) is 1.09. The summed E-state index contributed by atoms with van der Waals surface area (Å²) in [6.45, 7) is 1.43. The molecule has 1 aliphatic rings. The smallest absolute Gasteiger partial charge is 0.265 e. The van der Waals surface area contributed by atoms with Crippen molar-refractivity contribution in [2.24, 2.45) is 0 Å². The van der Waals surface area contributed by atoms with Gasteiger partial charge in [0.25, 0.3) is 5.95 Å². The Balaban J connectivity index is 1.82. The second kappa shape index (κ2) is 5.69. The minimum absolute atomic E-state index is 0.0959. The monoisotopic (exact) mass is 322 g/mol. The topological polar surface area (TPSA) is 79.5 Å². The molecule has 2 heterocycles. The molecule has 0 radical (unpaired) electrons. The van der Waals surface area contributed by atoms with Gasteiger partial charge >= 0.3 is 0 Å². The largest absolute Gasteiger partial charge is 0.344 e. The van der Waals surface area contributed by atoms with Crippen LogP contribution in [0.1, 0.15) is 11.5 Å². The zero-order chi connectivity index (χ0) is 15.7. The maximum absolute atomic E-state index is 12.3. The highest BCUT2D eigenvalue weighted by Crippen LogP contribution is 2.23. The van der Waals surface area contributed by atoms with E-state index >= 15 is 0 Å². The molecule has 0 amide bonds. The minimum atomic E-state index is -3.23. The Kier molecular flexibility index (Phi) is 3.88. The molecule has 0 spiro atoms. The summed E-state index contributed by atoms with van der Waals surface area (Å²) in [5, 5.41) is 3.87. The average molecular weight is 322 g/mol. The molecule has 0 atom stereocenters. The number of benzene rings is 1. The maximum Gasteiger partial charge on any atom is 0.265 e. The number of fused-ring (bicyclic) bond motifs is 1. The SMILES string of the molecule is CN(C)c1noc(CN2CCS(=O)(=O)c3ccccc3C2)n1. The number of hydrogen-bond acceptors (Lipinski definition) is 7. The van der Waals surface area contributed by atoms with Crippen molar-refractivity contribution in [3.8, 4) is 0 Å². The highest BCUT2D eigenvalue weighted by atomic mass is 32.2. The van der Waals surface area contributed by atoms with Gasteiger partial charge in [-0.25, -0.2) is 8.42 Å². The highest BCUT2D eigenvalue weighted by molar-refractivity contribution is 7.91. The quantitative estimate of drug-likeness (QED) is 0.831. The Hall–Kier alpha value is -1.93. The van der Waals surface area contributed by atoms with Crippen molar-refractivity contribution < 1.29 is 12.9 Å². The molecule has 0 bridgehead atoms. The van der Waals surface area contributed by atoms with Crippen molar-refractivity contribution in [1.82, 2.24) is 15.0 Å². The first-order valence-corrected chi connectivity index (χ1v) is 8.64. The Morgan fingerprint density at radius 2 is 2.09 bits per heavy atom. The Bertz CT molecular complexity index is 770. The third-order valence-corrected chi connectivity index (χ3v) is 5.38. The van der Waals surface area contributed by atoms with Crippen LogP contribution in [0.4, 0.5) is 5.95 Å². The van der Waals surface area contributed by atoms with E-state index in [0.29, 0.717) is 36.4 Å². The molecule has 1 aliphatic heterocycles. The maximum atomic E-state index is 12.3. The summed E-state index contributed by atoms with van der Waals surface area (Å²) < 4.78 is 29.8. The Morgan fingerprint density at radius 3 is 2.82 bits per heavy atom. The molecule has 0 N–H and O–H groups in total. The molecule has 0 fully saturated rings. The molecule has 7 nitrogen and oxygen atoms in total. The van der Waals surface area contributed by atoms with Gasteiger partial charge in [0.15, 0.2) is 9.84 Å². The van der Waals surface area contributed by atoms with E-state index < -0.39 is 9.84 Å². The molecule has 0 aliphatic carbocycles. The van der Waals surface area contributed by atoms with Crippen molar-refractivity contribution in [3.05, 3.63) is 35.7 Å². The van der Waals surface area contributed by atoms with E-state index in [0.717, 1.165) is 5.56 Å². The molecular weight excluding hydrogens is 304 g/mol. The van der Waals surface area contributed by atoms with Crippen LogP contribution < -0.4 is 4.90 Å². The first-order chi connectivity index (χ1) is 10.5. The van der Waals surface area contributed by atoms with Crippen molar-refractivity contribution >= 4 is 15.8 Å². The fraction of sp³-hybridized carbons (Fsp3) is 0.429. The van der Waals surface area contributed by atoms with Gasteiger partial charge in [-0.15, -0.1) is 0 Å². The van der Waals surface area contributed by atoms with E-state index in [4.69, 9.17) is 4.52 Å². The number of sulfone groups is 1. The number of aromatic nitrogens is 2. The van der Waals surface area contributed by atoms with Crippen LogP contribution >= 0.6 is 0 Å². The lowest BCUT2D eigenvalue weighted by molar-refractivity contribution is 0.230. The first kappa shape index (κ1) is 15.0. The molecule has 1 aromatic carbocycles. The summed E-state index contributed by atoms with van der Waals surface area (Å²) in [7, 11) is 0.445. The zero-order valence-electron chi connectivity index (χ0n) is 12.6. The third kappa shape index (κ3) is 2.97. The highest BCUT2D eigenvalue weighted by Gasteiger charge is 2.26. The van der Waals surface area contributed by atoms with Crippen LogP contribution in [-0.2, 0) is 22.9 Å². The zero-order valence-corrected chi connectivity index (χ0v) is 13.4. The van der Waals surface area contributed by atoms with E-state index in [1.807, 2.05) is 31.1 Å². The molecule has 0 saturated carbocycles. The van der Waals surface area contributed by atoms with E-state index in [9.17, 15) is 8.42 Å². The van der Waals surface area contributed by atoms with Gasteiger partial charge in [-0.3, -0.25) is 4.90 Å². The lowest BCUT2D eigenvalue weighted by Crippen LogP contribution is -2.25. The lowest BCUT2D eigenvalue weighted by Gasteiger charge is -2.17. The number of nitrogens with zero attached hydrogens (tertiary/aromatic N) is 4. The molecule has 1 aromatic heterocycles. The third-order valence-electron chi connectivity index (χ3n) is 3.59. The predicted molar refractivity (Wildman–Crippen MR) is 81.2 cm³/mol. The van der Waals surface area contributed by atoms with Crippen LogP contribution in [0.15, 0.2) is 33.7 Å². The molecule has 0 unspecified atom stereocenters. The fourth-order valence-corrected chi connectivity index (χ4v) is 3.97. The van der Waals surface area contributed by atoms with Crippen LogP contribution in [0.2, 0.25) is 0 Å². The van der Waals surface area contributed by atoms with E-state index in [-0.39, 0.29) is 5.75 Å². The van der Waals surface area contributed by atoms with Gasteiger partial charge in [-0.1, -0.05) is 18.2 Å².